The van der Waals surface area contributed by atoms with E-state index in [2.05, 4.69) is 17.0 Å². The van der Waals surface area contributed by atoms with Crippen molar-refractivity contribution in [3.05, 3.63) is 65.7 Å². The van der Waals surface area contributed by atoms with Crippen LogP contribution in [0, 0.1) is 0 Å². The lowest BCUT2D eigenvalue weighted by molar-refractivity contribution is -0.139. The van der Waals surface area contributed by atoms with Gasteiger partial charge in [-0.05, 0) is 67.3 Å². The lowest BCUT2D eigenvalue weighted by atomic mass is 10.1. The largest absolute Gasteiger partial charge is 0.482 e. The number of anilines is 1. The molecule has 1 aliphatic heterocycles. The maximum Gasteiger partial charge on any atom is 0.341 e. The minimum Gasteiger partial charge on any atom is -0.482 e. The normalized spacial score (nSPS) is 14.3. The highest BCUT2D eigenvalue weighted by molar-refractivity contribution is 6.06. The van der Waals surface area contributed by atoms with Crippen molar-refractivity contribution in [2.45, 2.75) is 19.3 Å². The maximum atomic E-state index is 12.3. The summed E-state index contributed by atoms with van der Waals surface area (Å²) in [5, 5.41) is 8.60. The van der Waals surface area contributed by atoms with Gasteiger partial charge in [0.2, 0.25) is 0 Å². The maximum absolute atomic E-state index is 12.3. The third kappa shape index (κ3) is 5.45. The molecular weight excluding hydrogens is 342 g/mol. The van der Waals surface area contributed by atoms with Crippen LogP contribution in [0.4, 0.5) is 5.69 Å². The molecule has 1 aliphatic rings. The molecule has 0 saturated carbocycles. The van der Waals surface area contributed by atoms with Crippen molar-refractivity contribution < 1.29 is 19.4 Å². The van der Waals surface area contributed by atoms with E-state index in [4.69, 9.17) is 9.84 Å². The number of rotatable bonds is 7. The zero-order valence-corrected chi connectivity index (χ0v) is 15.1. The molecule has 3 rings (SSSR count). The van der Waals surface area contributed by atoms with Gasteiger partial charge in [-0.15, -0.1) is 0 Å². The summed E-state index contributed by atoms with van der Waals surface area (Å²) in [6.45, 7) is 1.82. The highest BCUT2D eigenvalue weighted by atomic mass is 16.5. The molecule has 1 saturated heterocycles. The number of benzene rings is 2. The summed E-state index contributed by atoms with van der Waals surface area (Å²) in [7, 11) is 0. The van der Waals surface area contributed by atoms with Crippen LogP contribution >= 0.6 is 0 Å². The van der Waals surface area contributed by atoms with Crippen LogP contribution in [0.25, 0.3) is 6.08 Å². The number of ether oxygens (including phenoxy) is 1. The number of carbonyl (C=O) groups excluding carboxylic acids is 1. The van der Waals surface area contributed by atoms with Crippen LogP contribution < -0.4 is 9.64 Å². The Balaban J connectivity index is 1.58. The fourth-order valence-corrected chi connectivity index (χ4v) is 3.08. The van der Waals surface area contributed by atoms with Gasteiger partial charge in [-0.2, -0.15) is 0 Å². The van der Waals surface area contributed by atoms with Crippen LogP contribution in [0.5, 0.6) is 5.75 Å². The van der Waals surface area contributed by atoms with Crippen molar-refractivity contribution in [2.75, 3.05) is 24.6 Å². The number of hydrogen-bond donors (Lipinski definition) is 1. The first-order chi connectivity index (χ1) is 13.1. The summed E-state index contributed by atoms with van der Waals surface area (Å²) < 4.78 is 5.06. The van der Waals surface area contributed by atoms with E-state index in [1.165, 1.54) is 24.9 Å². The average molecular weight is 365 g/mol. The number of allylic oxidation sites excluding steroid dienone is 1. The number of carboxylic acid groups (broad SMARTS) is 1. The fraction of sp³-hybridized carbons (Fsp3) is 0.273. The van der Waals surface area contributed by atoms with E-state index in [0.717, 1.165) is 18.7 Å². The Labute approximate surface area is 158 Å². The van der Waals surface area contributed by atoms with Gasteiger partial charge in [-0.1, -0.05) is 18.2 Å². The summed E-state index contributed by atoms with van der Waals surface area (Å²) in [6.07, 6.45) is 7.15. The summed E-state index contributed by atoms with van der Waals surface area (Å²) in [5.41, 5.74) is 2.74. The number of carboxylic acids is 1. The Morgan fingerprint density at radius 1 is 0.963 bits per heavy atom. The second-order valence-corrected chi connectivity index (χ2v) is 6.54. The molecular formula is C22H23NO4. The van der Waals surface area contributed by atoms with Crippen LogP contribution in [-0.2, 0) is 4.79 Å². The summed E-state index contributed by atoms with van der Waals surface area (Å²) in [6, 6.07) is 14.7. The molecule has 1 heterocycles. The van der Waals surface area contributed by atoms with Gasteiger partial charge in [0.15, 0.2) is 12.4 Å². The van der Waals surface area contributed by atoms with Crippen molar-refractivity contribution >= 4 is 23.5 Å². The van der Waals surface area contributed by atoms with Crippen molar-refractivity contribution in [1.82, 2.24) is 0 Å². The fourth-order valence-electron chi connectivity index (χ4n) is 3.08. The quantitative estimate of drug-likeness (QED) is 0.593. The predicted octanol–water partition coefficient (Wildman–Crippen LogP) is 4.04. The summed E-state index contributed by atoms with van der Waals surface area (Å²) in [5.74, 6) is -0.726. The van der Waals surface area contributed by atoms with Gasteiger partial charge in [0, 0.05) is 24.3 Å². The van der Waals surface area contributed by atoms with E-state index >= 15 is 0 Å². The highest BCUT2D eigenvalue weighted by Crippen LogP contribution is 2.21. The topological polar surface area (TPSA) is 66.8 Å². The van der Waals surface area contributed by atoms with E-state index < -0.39 is 12.6 Å². The Hall–Kier alpha value is -3.08. The van der Waals surface area contributed by atoms with Gasteiger partial charge in [-0.25, -0.2) is 4.79 Å². The monoisotopic (exact) mass is 365 g/mol. The standard InChI is InChI=1S/C22H23NO4/c24-21(18-7-11-20(12-8-18)27-16-22(25)26)13-6-17-4-9-19(10-5-17)23-14-2-1-3-15-23/h4-13H,1-3,14-16H2,(H,25,26)/b13-6+. The molecule has 5 nitrogen and oxygen atoms in total. The summed E-state index contributed by atoms with van der Waals surface area (Å²) in [4.78, 5) is 25.2. The van der Waals surface area contributed by atoms with Gasteiger partial charge in [0.25, 0.3) is 0 Å². The molecule has 0 aromatic heterocycles. The number of carbonyl (C=O) groups is 2. The van der Waals surface area contributed by atoms with Crippen LogP contribution in [0.1, 0.15) is 35.2 Å². The van der Waals surface area contributed by atoms with Gasteiger partial charge < -0.3 is 14.7 Å². The van der Waals surface area contributed by atoms with E-state index in [1.807, 2.05) is 12.1 Å². The molecule has 0 unspecified atom stereocenters. The molecule has 0 bridgehead atoms. The second kappa shape index (κ2) is 9.03. The lowest BCUT2D eigenvalue weighted by Crippen LogP contribution is -2.29. The molecule has 27 heavy (non-hydrogen) atoms. The molecule has 1 N–H and O–H groups in total. The van der Waals surface area contributed by atoms with E-state index in [1.54, 1.807) is 36.4 Å². The molecule has 2 aromatic rings. The van der Waals surface area contributed by atoms with Gasteiger partial charge in [-0.3, -0.25) is 4.79 Å². The Morgan fingerprint density at radius 3 is 2.26 bits per heavy atom. The molecule has 0 radical (unpaired) electrons. The molecule has 2 aromatic carbocycles. The first-order valence-corrected chi connectivity index (χ1v) is 9.14. The van der Waals surface area contributed by atoms with Crippen LogP contribution in [0.15, 0.2) is 54.6 Å². The molecule has 140 valence electrons. The summed E-state index contributed by atoms with van der Waals surface area (Å²) >= 11 is 0. The minimum atomic E-state index is -1.04. The van der Waals surface area contributed by atoms with Crippen LogP contribution in [0.3, 0.4) is 0 Å². The number of piperidine rings is 1. The zero-order chi connectivity index (χ0) is 19.1. The zero-order valence-electron chi connectivity index (χ0n) is 15.1. The third-order valence-electron chi connectivity index (χ3n) is 4.54. The molecule has 0 aliphatic carbocycles. The Bertz CT molecular complexity index is 803. The minimum absolute atomic E-state index is 0.111. The first kappa shape index (κ1) is 18.7. The molecule has 0 amide bonds. The van der Waals surface area contributed by atoms with Crippen molar-refractivity contribution in [2.24, 2.45) is 0 Å². The molecule has 5 heteroatoms. The third-order valence-corrected chi connectivity index (χ3v) is 4.54. The lowest BCUT2D eigenvalue weighted by Gasteiger charge is -2.28. The number of ketones is 1. The van der Waals surface area contributed by atoms with E-state index in [-0.39, 0.29) is 5.78 Å². The van der Waals surface area contributed by atoms with Crippen LogP contribution in [0.2, 0.25) is 0 Å². The van der Waals surface area contributed by atoms with Gasteiger partial charge >= 0.3 is 5.97 Å². The van der Waals surface area contributed by atoms with E-state index in [9.17, 15) is 9.59 Å². The number of nitrogens with zero attached hydrogens (tertiary/aromatic N) is 1. The Kier molecular flexibility index (Phi) is 6.26. The van der Waals surface area contributed by atoms with E-state index in [0.29, 0.717) is 11.3 Å². The smallest absolute Gasteiger partial charge is 0.341 e. The highest BCUT2D eigenvalue weighted by Gasteiger charge is 2.10. The predicted molar refractivity (Wildman–Crippen MR) is 105 cm³/mol. The van der Waals surface area contributed by atoms with Gasteiger partial charge in [0.1, 0.15) is 5.75 Å². The number of hydrogen-bond acceptors (Lipinski definition) is 4. The number of aliphatic carboxylic acids is 1. The van der Waals surface area contributed by atoms with Crippen molar-refractivity contribution in [3.8, 4) is 5.75 Å². The Morgan fingerprint density at radius 2 is 1.63 bits per heavy atom. The first-order valence-electron chi connectivity index (χ1n) is 9.14. The second-order valence-electron chi connectivity index (χ2n) is 6.54. The van der Waals surface area contributed by atoms with Crippen LogP contribution in [-0.4, -0.2) is 36.6 Å². The molecule has 0 atom stereocenters. The molecule has 1 fully saturated rings. The van der Waals surface area contributed by atoms with Gasteiger partial charge in [0.05, 0.1) is 0 Å². The van der Waals surface area contributed by atoms with Crippen molar-refractivity contribution in [3.63, 3.8) is 0 Å². The van der Waals surface area contributed by atoms with Crippen molar-refractivity contribution in [1.29, 1.82) is 0 Å². The molecule has 0 spiro atoms. The SMILES string of the molecule is O=C(O)COc1ccc(C(=O)/C=C/c2ccc(N3CCCCC3)cc2)cc1. The average Bonchev–Trinajstić information content (AvgIpc) is 2.72.